The first-order chi connectivity index (χ1) is 11.0. The maximum absolute atomic E-state index is 11.6. The Morgan fingerprint density at radius 3 is 2.83 bits per heavy atom. The molecule has 0 aliphatic carbocycles. The summed E-state index contributed by atoms with van der Waals surface area (Å²) in [5, 5.41) is 2.54. The number of hydrogen-bond acceptors (Lipinski definition) is 4. The van der Waals surface area contributed by atoms with Crippen LogP contribution in [0.15, 0.2) is 41.8 Å². The van der Waals surface area contributed by atoms with Gasteiger partial charge in [-0.3, -0.25) is 20.4 Å². The molecule has 0 spiro atoms. The van der Waals surface area contributed by atoms with Gasteiger partial charge in [0.15, 0.2) is 6.61 Å². The van der Waals surface area contributed by atoms with E-state index in [1.165, 1.54) is 17.4 Å². The topological polar surface area (TPSA) is 67.4 Å². The van der Waals surface area contributed by atoms with Gasteiger partial charge in [-0.15, -0.1) is 11.3 Å². The fraction of sp³-hybridized carbons (Fsp3) is 0.125. The highest BCUT2D eigenvalue weighted by atomic mass is 35.5. The fourth-order valence-corrected chi connectivity index (χ4v) is 2.34. The summed E-state index contributed by atoms with van der Waals surface area (Å²) in [4.78, 5) is 24.1. The van der Waals surface area contributed by atoms with Crippen LogP contribution in [0.3, 0.4) is 0 Å². The van der Waals surface area contributed by atoms with Crippen LogP contribution in [0, 0.1) is 6.92 Å². The van der Waals surface area contributed by atoms with Crippen LogP contribution in [0.25, 0.3) is 6.08 Å². The van der Waals surface area contributed by atoms with Gasteiger partial charge in [-0.2, -0.15) is 0 Å². The van der Waals surface area contributed by atoms with E-state index in [9.17, 15) is 9.59 Å². The first-order valence-corrected chi connectivity index (χ1v) is 8.00. The molecule has 0 bridgehead atoms. The van der Waals surface area contributed by atoms with Crippen molar-refractivity contribution >= 4 is 40.8 Å². The van der Waals surface area contributed by atoms with E-state index in [1.807, 2.05) is 24.4 Å². The molecule has 2 amide bonds. The standard InChI is InChI=1S/C16H15ClN2O3S/c1-11-9-12(4-6-14(11)17)22-10-16(21)19-18-15(20)7-5-13-3-2-8-23-13/h2-9H,10H2,1H3,(H,18,20)(H,19,21)/b7-5+. The lowest BCUT2D eigenvalue weighted by Crippen LogP contribution is -2.43. The van der Waals surface area contributed by atoms with Gasteiger partial charge in [-0.05, 0) is 48.2 Å². The molecule has 1 aromatic heterocycles. The Morgan fingerprint density at radius 2 is 2.13 bits per heavy atom. The number of thiophene rings is 1. The maximum atomic E-state index is 11.6. The van der Waals surface area contributed by atoms with Crippen molar-refractivity contribution in [3.8, 4) is 5.75 Å². The molecule has 7 heteroatoms. The number of aryl methyl sites for hydroxylation is 1. The van der Waals surface area contributed by atoms with Gasteiger partial charge < -0.3 is 4.74 Å². The summed E-state index contributed by atoms with van der Waals surface area (Å²) in [7, 11) is 0. The van der Waals surface area contributed by atoms with Crippen molar-refractivity contribution in [3.05, 3.63) is 57.3 Å². The van der Waals surface area contributed by atoms with Gasteiger partial charge in [-0.1, -0.05) is 17.7 Å². The van der Waals surface area contributed by atoms with Crippen LogP contribution in [0.5, 0.6) is 5.75 Å². The monoisotopic (exact) mass is 350 g/mol. The van der Waals surface area contributed by atoms with Crippen LogP contribution < -0.4 is 15.6 Å². The molecule has 0 saturated heterocycles. The fourth-order valence-electron chi connectivity index (χ4n) is 1.61. The molecule has 1 heterocycles. The Labute approximate surface area is 142 Å². The molecular weight excluding hydrogens is 336 g/mol. The summed E-state index contributed by atoms with van der Waals surface area (Å²) in [6.45, 7) is 1.63. The molecule has 2 rings (SSSR count). The minimum Gasteiger partial charge on any atom is -0.484 e. The molecule has 120 valence electrons. The van der Waals surface area contributed by atoms with Gasteiger partial charge in [0, 0.05) is 16.0 Å². The highest BCUT2D eigenvalue weighted by Crippen LogP contribution is 2.20. The number of ether oxygens (including phenoxy) is 1. The number of rotatable bonds is 5. The maximum Gasteiger partial charge on any atom is 0.276 e. The van der Waals surface area contributed by atoms with E-state index in [0.29, 0.717) is 10.8 Å². The number of carbonyl (C=O) groups excluding carboxylic acids is 2. The molecule has 2 aromatic rings. The van der Waals surface area contributed by atoms with Crippen LogP contribution in [-0.2, 0) is 9.59 Å². The minimum absolute atomic E-state index is 0.212. The highest BCUT2D eigenvalue weighted by molar-refractivity contribution is 7.10. The van der Waals surface area contributed by atoms with E-state index in [1.54, 1.807) is 24.3 Å². The lowest BCUT2D eigenvalue weighted by molar-refractivity contribution is -0.128. The summed E-state index contributed by atoms with van der Waals surface area (Å²) in [5.74, 6) is -0.351. The van der Waals surface area contributed by atoms with Crippen molar-refractivity contribution < 1.29 is 14.3 Å². The molecular formula is C16H15ClN2O3S. The van der Waals surface area contributed by atoms with Crippen molar-refractivity contribution in [3.63, 3.8) is 0 Å². The molecule has 1 aromatic carbocycles. The van der Waals surface area contributed by atoms with Crippen molar-refractivity contribution in [1.29, 1.82) is 0 Å². The largest absolute Gasteiger partial charge is 0.484 e. The molecule has 0 radical (unpaired) electrons. The quantitative estimate of drug-likeness (QED) is 0.643. The summed E-state index contributed by atoms with van der Waals surface area (Å²) in [6, 6.07) is 8.87. The van der Waals surface area contributed by atoms with E-state index in [-0.39, 0.29) is 6.61 Å². The summed E-state index contributed by atoms with van der Waals surface area (Å²) in [6.07, 6.45) is 3.01. The van der Waals surface area contributed by atoms with E-state index in [0.717, 1.165) is 10.4 Å². The number of hydrogen-bond donors (Lipinski definition) is 2. The molecule has 2 N–H and O–H groups in total. The first-order valence-electron chi connectivity index (χ1n) is 6.74. The van der Waals surface area contributed by atoms with Crippen LogP contribution in [0.1, 0.15) is 10.4 Å². The van der Waals surface area contributed by atoms with E-state index >= 15 is 0 Å². The van der Waals surface area contributed by atoms with Crippen LogP contribution in [0.2, 0.25) is 5.02 Å². The molecule has 23 heavy (non-hydrogen) atoms. The molecule has 5 nitrogen and oxygen atoms in total. The molecule has 0 fully saturated rings. The zero-order valence-electron chi connectivity index (χ0n) is 12.3. The third-order valence-corrected chi connectivity index (χ3v) is 4.03. The molecule has 0 saturated carbocycles. The number of hydrazine groups is 1. The molecule has 0 atom stereocenters. The molecule has 0 aliphatic rings. The van der Waals surface area contributed by atoms with Crippen molar-refractivity contribution in [2.24, 2.45) is 0 Å². The first kappa shape index (κ1) is 17.1. The number of nitrogens with one attached hydrogen (secondary N) is 2. The van der Waals surface area contributed by atoms with Crippen LogP contribution in [-0.4, -0.2) is 18.4 Å². The predicted octanol–water partition coefficient (Wildman–Crippen LogP) is 2.95. The van der Waals surface area contributed by atoms with Gasteiger partial charge in [-0.25, -0.2) is 0 Å². The van der Waals surface area contributed by atoms with Gasteiger partial charge in [0.25, 0.3) is 11.8 Å². The number of carbonyl (C=O) groups is 2. The predicted molar refractivity (Wildman–Crippen MR) is 91.3 cm³/mol. The third-order valence-electron chi connectivity index (χ3n) is 2.77. The second-order valence-electron chi connectivity index (χ2n) is 4.59. The van der Waals surface area contributed by atoms with Gasteiger partial charge in [0.1, 0.15) is 5.75 Å². The Hall–Kier alpha value is -2.31. The third kappa shape index (κ3) is 5.77. The van der Waals surface area contributed by atoms with Crippen molar-refractivity contribution in [2.45, 2.75) is 6.92 Å². The number of benzene rings is 1. The lowest BCUT2D eigenvalue weighted by atomic mass is 10.2. The zero-order valence-corrected chi connectivity index (χ0v) is 13.9. The average molecular weight is 351 g/mol. The Balaban J connectivity index is 1.72. The van der Waals surface area contributed by atoms with Gasteiger partial charge >= 0.3 is 0 Å². The minimum atomic E-state index is -0.463. The summed E-state index contributed by atoms with van der Waals surface area (Å²) in [5.41, 5.74) is 5.41. The summed E-state index contributed by atoms with van der Waals surface area (Å²) >= 11 is 7.42. The SMILES string of the molecule is Cc1cc(OCC(=O)NNC(=O)/C=C/c2cccs2)ccc1Cl. The molecule has 0 aliphatic heterocycles. The normalized spacial score (nSPS) is 10.5. The smallest absolute Gasteiger partial charge is 0.276 e. The Bertz CT molecular complexity index is 714. The lowest BCUT2D eigenvalue weighted by Gasteiger charge is -2.08. The Morgan fingerprint density at radius 1 is 1.30 bits per heavy atom. The van der Waals surface area contributed by atoms with E-state index in [4.69, 9.17) is 16.3 Å². The van der Waals surface area contributed by atoms with Gasteiger partial charge in [0.2, 0.25) is 0 Å². The van der Waals surface area contributed by atoms with Gasteiger partial charge in [0.05, 0.1) is 0 Å². The zero-order chi connectivity index (χ0) is 16.7. The van der Waals surface area contributed by atoms with Crippen molar-refractivity contribution in [2.75, 3.05) is 6.61 Å². The summed E-state index contributed by atoms with van der Waals surface area (Å²) < 4.78 is 5.32. The van der Waals surface area contributed by atoms with Crippen molar-refractivity contribution in [1.82, 2.24) is 10.9 Å². The number of halogens is 1. The van der Waals surface area contributed by atoms with E-state index < -0.39 is 11.8 Å². The van der Waals surface area contributed by atoms with Crippen LogP contribution >= 0.6 is 22.9 Å². The highest BCUT2D eigenvalue weighted by Gasteiger charge is 2.05. The Kier molecular flexibility index (Phi) is 6.19. The number of amides is 2. The average Bonchev–Trinajstić information content (AvgIpc) is 3.05. The second-order valence-corrected chi connectivity index (χ2v) is 5.97. The molecule has 0 unspecified atom stereocenters. The second kappa shape index (κ2) is 8.36. The van der Waals surface area contributed by atoms with Crippen LogP contribution in [0.4, 0.5) is 0 Å². The van der Waals surface area contributed by atoms with E-state index in [2.05, 4.69) is 10.9 Å².